The van der Waals surface area contributed by atoms with Gasteiger partial charge in [-0.1, -0.05) is 60.7 Å². The van der Waals surface area contributed by atoms with E-state index in [-0.39, 0.29) is 36.8 Å². The summed E-state index contributed by atoms with van der Waals surface area (Å²) in [4.78, 5) is 17.0. The van der Waals surface area contributed by atoms with Crippen LogP contribution in [0.15, 0.2) is 60.7 Å². The molecule has 1 amide bonds. The van der Waals surface area contributed by atoms with E-state index in [4.69, 9.17) is 5.73 Å². The summed E-state index contributed by atoms with van der Waals surface area (Å²) in [5.41, 5.74) is 8.39. The third-order valence-corrected chi connectivity index (χ3v) is 5.13. The Morgan fingerprint density at radius 3 is 2.11 bits per heavy atom. The summed E-state index contributed by atoms with van der Waals surface area (Å²) in [6.07, 6.45) is 1.99. The number of hydrogen-bond acceptors (Lipinski definition) is 3. The van der Waals surface area contributed by atoms with Gasteiger partial charge in [-0.25, -0.2) is 0 Å². The molecule has 2 aromatic rings. The van der Waals surface area contributed by atoms with Gasteiger partial charge in [0.15, 0.2) is 0 Å². The Morgan fingerprint density at radius 2 is 1.56 bits per heavy atom. The second kappa shape index (κ2) is 11.3. The highest BCUT2D eigenvalue weighted by Crippen LogP contribution is 2.20. The molecule has 1 saturated heterocycles. The van der Waals surface area contributed by atoms with E-state index in [0.29, 0.717) is 0 Å². The van der Waals surface area contributed by atoms with Gasteiger partial charge in [0, 0.05) is 32.7 Å². The van der Waals surface area contributed by atoms with Crippen LogP contribution in [0.4, 0.5) is 0 Å². The van der Waals surface area contributed by atoms with E-state index >= 15 is 0 Å². The molecule has 4 nitrogen and oxygen atoms in total. The number of nitrogens with two attached hydrogens (primary N) is 1. The van der Waals surface area contributed by atoms with Gasteiger partial charge in [0.1, 0.15) is 6.04 Å². The largest absolute Gasteiger partial charge is 0.341 e. The van der Waals surface area contributed by atoms with Crippen molar-refractivity contribution in [3.05, 3.63) is 71.8 Å². The van der Waals surface area contributed by atoms with Gasteiger partial charge in [0.25, 0.3) is 0 Å². The van der Waals surface area contributed by atoms with Crippen LogP contribution in [0.2, 0.25) is 0 Å². The first kappa shape index (κ1) is 23.4. The number of carbonyl (C=O) groups is 1. The molecule has 1 atom stereocenters. The molecule has 1 fully saturated rings. The molecule has 0 bridgehead atoms. The van der Waals surface area contributed by atoms with Crippen LogP contribution in [0.3, 0.4) is 0 Å². The minimum Gasteiger partial charge on any atom is -0.341 e. The fraction of sp³-hybridized carbons (Fsp3) is 0.381. The summed E-state index contributed by atoms with van der Waals surface area (Å²) in [5.74, 6) is 0.00714. The zero-order chi connectivity index (χ0) is 17.6. The molecule has 0 aliphatic carbocycles. The average Bonchev–Trinajstić information content (AvgIpc) is 2.68. The highest BCUT2D eigenvalue weighted by atomic mass is 35.5. The van der Waals surface area contributed by atoms with Crippen LogP contribution in [0.25, 0.3) is 0 Å². The first-order valence-corrected chi connectivity index (χ1v) is 8.98. The van der Waals surface area contributed by atoms with Gasteiger partial charge in [-0.15, -0.1) is 24.8 Å². The van der Waals surface area contributed by atoms with Crippen molar-refractivity contribution in [2.45, 2.75) is 31.5 Å². The second-order valence-corrected chi connectivity index (χ2v) is 6.83. The molecule has 1 unspecified atom stereocenters. The van der Waals surface area contributed by atoms with Gasteiger partial charge < -0.3 is 10.6 Å². The number of benzene rings is 2. The summed E-state index contributed by atoms with van der Waals surface area (Å²) in [5, 5.41) is 0. The molecule has 2 N–H and O–H groups in total. The van der Waals surface area contributed by atoms with Crippen molar-refractivity contribution in [3.8, 4) is 0 Å². The number of piperidine rings is 1. The quantitative estimate of drug-likeness (QED) is 0.819. The summed E-state index contributed by atoms with van der Waals surface area (Å²) >= 11 is 0. The average molecular weight is 410 g/mol. The summed E-state index contributed by atoms with van der Waals surface area (Å²) < 4.78 is 0. The van der Waals surface area contributed by atoms with Crippen molar-refractivity contribution in [1.82, 2.24) is 9.80 Å². The maximum Gasteiger partial charge on any atom is 0.244 e. The number of hydrogen-bond donors (Lipinski definition) is 1. The Morgan fingerprint density at radius 1 is 1.04 bits per heavy atom. The van der Waals surface area contributed by atoms with Gasteiger partial charge >= 0.3 is 0 Å². The van der Waals surface area contributed by atoms with E-state index in [9.17, 15) is 4.79 Å². The maximum atomic E-state index is 12.7. The normalized spacial score (nSPS) is 15.9. The second-order valence-electron chi connectivity index (χ2n) is 6.83. The van der Waals surface area contributed by atoms with Crippen molar-refractivity contribution in [2.24, 2.45) is 5.73 Å². The van der Waals surface area contributed by atoms with Gasteiger partial charge in [-0.2, -0.15) is 0 Å². The number of amides is 1. The van der Waals surface area contributed by atoms with Crippen molar-refractivity contribution in [2.75, 3.05) is 20.1 Å². The van der Waals surface area contributed by atoms with E-state index in [1.807, 2.05) is 48.3 Å². The van der Waals surface area contributed by atoms with E-state index in [0.717, 1.165) is 38.0 Å². The van der Waals surface area contributed by atoms with E-state index < -0.39 is 6.04 Å². The fourth-order valence-electron chi connectivity index (χ4n) is 3.51. The summed E-state index contributed by atoms with van der Waals surface area (Å²) in [6, 6.07) is 19.9. The molecule has 0 spiro atoms. The molecule has 0 aromatic heterocycles. The summed E-state index contributed by atoms with van der Waals surface area (Å²) in [6.45, 7) is 3.00. The predicted octanol–water partition coefficient (Wildman–Crippen LogP) is 3.65. The molecule has 6 heteroatoms. The highest BCUT2D eigenvalue weighted by molar-refractivity contribution is 5.85. The zero-order valence-corrected chi connectivity index (χ0v) is 17.3. The number of rotatable bonds is 5. The lowest BCUT2D eigenvalue weighted by Crippen LogP contribution is -2.47. The number of carbonyl (C=O) groups excluding carboxylic acids is 1. The molecule has 1 aliphatic rings. The topological polar surface area (TPSA) is 49.6 Å². The van der Waals surface area contributed by atoms with Crippen molar-refractivity contribution >= 4 is 30.7 Å². The van der Waals surface area contributed by atoms with E-state index in [1.165, 1.54) is 5.56 Å². The van der Waals surface area contributed by atoms with Crippen molar-refractivity contribution < 1.29 is 4.79 Å². The van der Waals surface area contributed by atoms with E-state index in [2.05, 4.69) is 29.2 Å². The van der Waals surface area contributed by atoms with Crippen LogP contribution in [-0.2, 0) is 11.3 Å². The molecule has 1 heterocycles. The third-order valence-electron chi connectivity index (χ3n) is 5.13. The monoisotopic (exact) mass is 409 g/mol. The fourth-order valence-corrected chi connectivity index (χ4v) is 3.51. The molecule has 148 valence electrons. The molecule has 3 rings (SSSR count). The lowest BCUT2D eigenvalue weighted by molar-refractivity contribution is -0.134. The van der Waals surface area contributed by atoms with Gasteiger partial charge in [-0.3, -0.25) is 9.69 Å². The Hall–Kier alpha value is -1.59. The molecule has 27 heavy (non-hydrogen) atoms. The zero-order valence-electron chi connectivity index (χ0n) is 15.7. The molecule has 0 saturated carbocycles. The van der Waals surface area contributed by atoms with E-state index in [1.54, 1.807) is 0 Å². The Bertz CT molecular complexity index is 676. The Balaban J connectivity index is 0.00000182. The number of likely N-dealkylation sites (tertiary alicyclic amines) is 1. The summed E-state index contributed by atoms with van der Waals surface area (Å²) in [7, 11) is 1.89. The Kier molecular flexibility index (Phi) is 9.81. The van der Waals surface area contributed by atoms with Crippen LogP contribution < -0.4 is 5.73 Å². The SMILES string of the molecule is CN(C(=O)C(N)c1ccccc1)C1CCN(Cc2ccccc2)CC1.Cl.Cl. The van der Waals surface area contributed by atoms with Gasteiger partial charge in [0.2, 0.25) is 5.91 Å². The third kappa shape index (κ3) is 6.22. The van der Waals surface area contributed by atoms with Gasteiger partial charge in [-0.05, 0) is 24.0 Å². The van der Waals surface area contributed by atoms with Crippen LogP contribution in [-0.4, -0.2) is 41.9 Å². The minimum absolute atomic E-state index is 0. The first-order chi connectivity index (χ1) is 12.1. The molecule has 0 radical (unpaired) electrons. The number of likely N-dealkylation sites (N-methyl/N-ethyl adjacent to an activating group) is 1. The highest BCUT2D eigenvalue weighted by Gasteiger charge is 2.28. The molecular weight excluding hydrogens is 381 g/mol. The smallest absolute Gasteiger partial charge is 0.244 e. The lowest BCUT2D eigenvalue weighted by atomic mass is 10.0. The molecule has 2 aromatic carbocycles. The molecule has 1 aliphatic heterocycles. The van der Waals surface area contributed by atoms with Crippen molar-refractivity contribution in [1.29, 1.82) is 0 Å². The Labute approximate surface area is 174 Å². The van der Waals surface area contributed by atoms with Gasteiger partial charge in [0.05, 0.1) is 0 Å². The number of nitrogens with zero attached hydrogens (tertiary/aromatic N) is 2. The van der Waals surface area contributed by atoms with Crippen LogP contribution in [0.5, 0.6) is 0 Å². The van der Waals surface area contributed by atoms with Crippen LogP contribution in [0.1, 0.15) is 30.0 Å². The molecular formula is C21H29Cl2N3O. The van der Waals surface area contributed by atoms with Crippen LogP contribution >= 0.6 is 24.8 Å². The predicted molar refractivity (Wildman–Crippen MR) is 115 cm³/mol. The minimum atomic E-state index is -0.575. The van der Waals surface area contributed by atoms with Crippen molar-refractivity contribution in [3.63, 3.8) is 0 Å². The van der Waals surface area contributed by atoms with Crippen LogP contribution in [0, 0.1) is 0 Å². The first-order valence-electron chi connectivity index (χ1n) is 8.98. The standard InChI is InChI=1S/C21H27N3O.2ClH/c1-23(21(25)20(22)18-10-6-3-7-11-18)19-12-14-24(15-13-19)16-17-8-4-2-5-9-17;;/h2-11,19-20H,12-16,22H2,1H3;2*1H. The lowest BCUT2D eigenvalue weighted by Gasteiger charge is -2.37. The maximum absolute atomic E-state index is 12.7. The number of halogens is 2.